The molecule has 0 radical (unpaired) electrons. The topological polar surface area (TPSA) is 79.8 Å². The largest absolute Gasteiger partial charge is 0.497 e. The molecule has 9 heteroatoms. The SMILES string of the molecule is CN=C(NCCS(=O)(=O)c1ccc(Br)cc1)NCc1ccc(OC)cc1.I. The zero-order chi connectivity index (χ0) is 19.0. The van der Waals surface area contributed by atoms with Crippen LogP contribution in [0.2, 0.25) is 0 Å². The van der Waals surface area contributed by atoms with Crippen LogP contribution >= 0.6 is 39.9 Å². The van der Waals surface area contributed by atoms with Gasteiger partial charge in [-0.3, -0.25) is 4.99 Å². The van der Waals surface area contributed by atoms with Gasteiger partial charge < -0.3 is 15.4 Å². The van der Waals surface area contributed by atoms with Gasteiger partial charge in [0.15, 0.2) is 15.8 Å². The van der Waals surface area contributed by atoms with Crippen molar-refractivity contribution in [3.63, 3.8) is 0 Å². The van der Waals surface area contributed by atoms with Gasteiger partial charge in [0.2, 0.25) is 0 Å². The summed E-state index contributed by atoms with van der Waals surface area (Å²) in [7, 11) is -0.0640. The van der Waals surface area contributed by atoms with Crippen molar-refractivity contribution in [2.75, 3.05) is 26.5 Å². The molecule has 0 amide bonds. The molecule has 0 fully saturated rings. The molecule has 0 saturated heterocycles. The molecular formula is C18H23BrIN3O3S. The van der Waals surface area contributed by atoms with Gasteiger partial charge in [0.1, 0.15) is 5.75 Å². The predicted molar refractivity (Wildman–Crippen MR) is 123 cm³/mol. The zero-order valence-electron chi connectivity index (χ0n) is 15.1. The summed E-state index contributed by atoms with van der Waals surface area (Å²) < 4.78 is 30.6. The van der Waals surface area contributed by atoms with Gasteiger partial charge in [0.05, 0.1) is 17.8 Å². The van der Waals surface area contributed by atoms with Crippen molar-refractivity contribution in [2.45, 2.75) is 11.4 Å². The quantitative estimate of drug-likeness (QED) is 0.305. The molecule has 2 rings (SSSR count). The molecule has 0 atom stereocenters. The summed E-state index contributed by atoms with van der Waals surface area (Å²) in [5.74, 6) is 1.33. The van der Waals surface area contributed by atoms with Gasteiger partial charge in [-0.25, -0.2) is 8.42 Å². The number of hydrogen-bond acceptors (Lipinski definition) is 4. The van der Waals surface area contributed by atoms with Crippen LogP contribution in [0.1, 0.15) is 5.56 Å². The Morgan fingerprint density at radius 1 is 1.07 bits per heavy atom. The van der Waals surface area contributed by atoms with E-state index in [2.05, 4.69) is 31.6 Å². The van der Waals surface area contributed by atoms with Gasteiger partial charge in [-0.15, -0.1) is 24.0 Å². The smallest absolute Gasteiger partial charge is 0.191 e. The number of benzene rings is 2. The molecule has 0 bridgehead atoms. The summed E-state index contributed by atoms with van der Waals surface area (Å²) in [4.78, 5) is 4.42. The number of rotatable bonds is 7. The number of sulfone groups is 1. The Morgan fingerprint density at radius 2 is 1.70 bits per heavy atom. The Morgan fingerprint density at radius 3 is 2.26 bits per heavy atom. The van der Waals surface area contributed by atoms with Gasteiger partial charge in [-0.05, 0) is 42.0 Å². The molecular weight excluding hydrogens is 545 g/mol. The highest BCUT2D eigenvalue weighted by atomic mass is 127. The third-order valence-corrected chi connectivity index (χ3v) is 5.94. The van der Waals surface area contributed by atoms with Gasteiger partial charge in [-0.2, -0.15) is 0 Å². The molecule has 2 N–H and O–H groups in total. The van der Waals surface area contributed by atoms with E-state index in [9.17, 15) is 8.42 Å². The van der Waals surface area contributed by atoms with Crippen molar-refractivity contribution in [1.29, 1.82) is 0 Å². The number of halogens is 2. The van der Waals surface area contributed by atoms with Gasteiger partial charge in [0, 0.05) is 24.6 Å². The van der Waals surface area contributed by atoms with Gasteiger partial charge in [-0.1, -0.05) is 28.1 Å². The summed E-state index contributed by atoms with van der Waals surface area (Å²) in [6, 6.07) is 14.3. The monoisotopic (exact) mass is 567 g/mol. The van der Waals surface area contributed by atoms with E-state index in [1.54, 1.807) is 38.4 Å². The minimum absolute atomic E-state index is 0. The summed E-state index contributed by atoms with van der Waals surface area (Å²) in [5.41, 5.74) is 1.07. The van der Waals surface area contributed by atoms with E-state index in [0.29, 0.717) is 17.4 Å². The number of hydrogen-bond donors (Lipinski definition) is 2. The van der Waals surface area contributed by atoms with E-state index in [-0.39, 0.29) is 36.3 Å². The molecule has 0 heterocycles. The number of guanidine groups is 1. The van der Waals surface area contributed by atoms with Crippen LogP contribution in [0, 0.1) is 0 Å². The number of ether oxygens (including phenoxy) is 1. The van der Waals surface area contributed by atoms with Crippen LogP contribution in [0.3, 0.4) is 0 Å². The predicted octanol–water partition coefficient (Wildman–Crippen LogP) is 3.21. The Kier molecular flexibility index (Phi) is 10.1. The van der Waals surface area contributed by atoms with Crippen molar-refractivity contribution in [2.24, 2.45) is 4.99 Å². The van der Waals surface area contributed by atoms with E-state index < -0.39 is 9.84 Å². The Balaban J connectivity index is 0.00000364. The van der Waals surface area contributed by atoms with E-state index >= 15 is 0 Å². The Labute approximate surface area is 185 Å². The molecule has 0 aliphatic heterocycles. The van der Waals surface area contributed by atoms with Gasteiger partial charge >= 0.3 is 0 Å². The maximum absolute atomic E-state index is 12.3. The van der Waals surface area contributed by atoms with Crippen molar-refractivity contribution in [3.05, 3.63) is 58.6 Å². The second-order valence-electron chi connectivity index (χ2n) is 5.47. The summed E-state index contributed by atoms with van der Waals surface area (Å²) in [5, 5.41) is 6.18. The average molecular weight is 568 g/mol. The van der Waals surface area contributed by atoms with E-state index in [1.165, 1.54) is 0 Å². The van der Waals surface area contributed by atoms with Crippen LogP contribution in [-0.4, -0.2) is 40.8 Å². The molecule has 2 aromatic carbocycles. The van der Waals surface area contributed by atoms with Crippen LogP contribution in [-0.2, 0) is 16.4 Å². The Hall–Kier alpha value is -1.33. The first-order chi connectivity index (χ1) is 12.4. The lowest BCUT2D eigenvalue weighted by atomic mass is 10.2. The first-order valence-electron chi connectivity index (χ1n) is 8.00. The molecule has 2 aromatic rings. The van der Waals surface area contributed by atoms with Crippen LogP contribution in [0.4, 0.5) is 0 Å². The fourth-order valence-corrected chi connectivity index (χ4v) is 3.63. The minimum Gasteiger partial charge on any atom is -0.497 e. The second-order valence-corrected chi connectivity index (χ2v) is 8.50. The van der Waals surface area contributed by atoms with E-state index in [0.717, 1.165) is 15.8 Å². The van der Waals surface area contributed by atoms with E-state index in [1.807, 2.05) is 24.3 Å². The third-order valence-electron chi connectivity index (χ3n) is 3.68. The van der Waals surface area contributed by atoms with Crippen molar-refractivity contribution in [3.8, 4) is 5.75 Å². The summed E-state index contributed by atoms with van der Waals surface area (Å²) >= 11 is 3.30. The number of nitrogens with one attached hydrogen (secondary N) is 2. The highest BCUT2D eigenvalue weighted by Gasteiger charge is 2.14. The fourth-order valence-electron chi connectivity index (χ4n) is 2.21. The van der Waals surface area contributed by atoms with Crippen LogP contribution in [0.25, 0.3) is 0 Å². The van der Waals surface area contributed by atoms with E-state index in [4.69, 9.17) is 4.74 Å². The van der Waals surface area contributed by atoms with Gasteiger partial charge in [0.25, 0.3) is 0 Å². The lowest BCUT2D eigenvalue weighted by Crippen LogP contribution is -2.39. The molecule has 6 nitrogen and oxygen atoms in total. The standard InChI is InChI=1S/C18H22BrN3O3S.HI/c1-20-18(22-13-14-3-7-16(25-2)8-4-14)21-11-12-26(23,24)17-9-5-15(19)6-10-17;/h3-10H,11-13H2,1-2H3,(H2,20,21,22);1H. The first-order valence-corrected chi connectivity index (χ1v) is 10.4. The van der Waals surface area contributed by atoms with Crippen LogP contribution < -0.4 is 15.4 Å². The van der Waals surface area contributed by atoms with Crippen LogP contribution in [0.5, 0.6) is 5.75 Å². The minimum atomic E-state index is -3.34. The summed E-state index contributed by atoms with van der Waals surface area (Å²) in [6.45, 7) is 0.837. The number of nitrogens with zero attached hydrogens (tertiary/aromatic N) is 1. The molecule has 148 valence electrons. The lowest BCUT2D eigenvalue weighted by Gasteiger charge is -2.12. The maximum atomic E-state index is 12.3. The molecule has 0 saturated carbocycles. The number of aliphatic imine (C=N–C) groups is 1. The zero-order valence-corrected chi connectivity index (χ0v) is 19.8. The van der Waals surface area contributed by atoms with Crippen molar-refractivity contribution in [1.82, 2.24) is 10.6 Å². The fraction of sp³-hybridized carbons (Fsp3) is 0.278. The normalized spacial score (nSPS) is 11.4. The van der Waals surface area contributed by atoms with Crippen LogP contribution in [0.15, 0.2) is 62.9 Å². The highest BCUT2D eigenvalue weighted by molar-refractivity contribution is 14.0. The number of methoxy groups -OCH3 is 1. The molecule has 0 spiro atoms. The molecule has 0 aliphatic rings. The maximum Gasteiger partial charge on any atom is 0.191 e. The van der Waals surface area contributed by atoms with Crippen molar-refractivity contribution >= 4 is 55.7 Å². The summed E-state index contributed by atoms with van der Waals surface area (Å²) in [6.07, 6.45) is 0. The third kappa shape index (κ3) is 7.67. The highest BCUT2D eigenvalue weighted by Crippen LogP contribution is 2.15. The molecule has 0 aromatic heterocycles. The molecule has 27 heavy (non-hydrogen) atoms. The first kappa shape index (κ1) is 23.7. The lowest BCUT2D eigenvalue weighted by molar-refractivity contribution is 0.414. The van der Waals surface area contributed by atoms with Crippen molar-refractivity contribution < 1.29 is 13.2 Å². The molecule has 0 unspecified atom stereocenters. The molecule has 0 aliphatic carbocycles. The Bertz CT molecular complexity index is 841. The second kappa shape index (κ2) is 11.5. The average Bonchev–Trinajstić information content (AvgIpc) is 2.65.